The van der Waals surface area contributed by atoms with Crippen molar-refractivity contribution in [2.75, 3.05) is 26.3 Å². The quantitative estimate of drug-likeness (QED) is 0.609. The molecule has 1 saturated heterocycles. The first kappa shape index (κ1) is 9.01. The van der Waals surface area contributed by atoms with Gasteiger partial charge in [-0.3, -0.25) is 0 Å². The van der Waals surface area contributed by atoms with Crippen molar-refractivity contribution in [3.05, 3.63) is 0 Å². The summed E-state index contributed by atoms with van der Waals surface area (Å²) in [6, 6.07) is 0. The van der Waals surface area contributed by atoms with E-state index in [2.05, 4.69) is 12.2 Å². The zero-order valence-electron chi connectivity index (χ0n) is 7.65. The van der Waals surface area contributed by atoms with Gasteiger partial charge in [-0.25, -0.2) is 0 Å². The molecule has 11 heavy (non-hydrogen) atoms. The van der Waals surface area contributed by atoms with E-state index in [-0.39, 0.29) is 0 Å². The zero-order valence-corrected chi connectivity index (χ0v) is 7.65. The fraction of sp³-hybridized carbons (Fsp3) is 1.00. The van der Waals surface area contributed by atoms with Gasteiger partial charge in [0.05, 0.1) is 0 Å². The van der Waals surface area contributed by atoms with Gasteiger partial charge in [0.2, 0.25) is 0 Å². The van der Waals surface area contributed by atoms with E-state index < -0.39 is 0 Å². The second kappa shape index (κ2) is 4.07. The topological polar surface area (TPSA) is 21.3 Å². The van der Waals surface area contributed by atoms with Crippen molar-refractivity contribution < 1.29 is 4.74 Å². The number of nitrogens with one attached hydrogen (secondary N) is 1. The molecule has 0 aromatic rings. The van der Waals surface area contributed by atoms with Crippen molar-refractivity contribution in [2.24, 2.45) is 5.41 Å². The number of ether oxygens (including phenoxy) is 1. The molecular weight excluding hydrogens is 138 g/mol. The van der Waals surface area contributed by atoms with Gasteiger partial charge < -0.3 is 10.1 Å². The maximum absolute atomic E-state index is 5.28. The average Bonchev–Trinajstić information content (AvgIpc) is 1.95. The Labute approximate surface area is 69.3 Å². The molecule has 1 fully saturated rings. The van der Waals surface area contributed by atoms with Crippen molar-refractivity contribution in [1.29, 1.82) is 0 Å². The van der Waals surface area contributed by atoms with Crippen LogP contribution in [0.15, 0.2) is 0 Å². The monoisotopic (exact) mass is 157 g/mol. The Kier molecular flexibility index (Phi) is 3.34. The van der Waals surface area contributed by atoms with E-state index in [4.69, 9.17) is 4.74 Å². The first-order chi connectivity index (χ1) is 5.27. The van der Waals surface area contributed by atoms with E-state index in [1.165, 1.54) is 25.9 Å². The van der Waals surface area contributed by atoms with E-state index in [0.29, 0.717) is 5.41 Å². The van der Waals surface area contributed by atoms with Crippen LogP contribution in [0.5, 0.6) is 0 Å². The lowest BCUT2D eigenvalue weighted by Crippen LogP contribution is -2.51. The van der Waals surface area contributed by atoms with Crippen LogP contribution in [0.1, 0.15) is 26.7 Å². The van der Waals surface area contributed by atoms with Gasteiger partial charge in [0.15, 0.2) is 0 Å². The lowest BCUT2D eigenvalue weighted by Gasteiger charge is -2.39. The second-order valence-corrected chi connectivity index (χ2v) is 3.71. The van der Waals surface area contributed by atoms with Crippen LogP contribution in [0.25, 0.3) is 0 Å². The molecule has 0 aromatic carbocycles. The fourth-order valence-electron chi connectivity index (χ4n) is 1.47. The highest BCUT2D eigenvalue weighted by molar-refractivity contribution is 4.87. The van der Waals surface area contributed by atoms with Crippen molar-refractivity contribution in [1.82, 2.24) is 5.32 Å². The van der Waals surface area contributed by atoms with Gasteiger partial charge >= 0.3 is 0 Å². The van der Waals surface area contributed by atoms with Crippen LogP contribution in [0.4, 0.5) is 0 Å². The Morgan fingerprint density at radius 1 is 1.45 bits per heavy atom. The molecule has 0 aliphatic carbocycles. The highest BCUT2D eigenvalue weighted by Gasteiger charge is 2.30. The highest BCUT2D eigenvalue weighted by Crippen LogP contribution is 2.26. The van der Waals surface area contributed by atoms with Crippen LogP contribution in [0, 0.1) is 5.41 Å². The summed E-state index contributed by atoms with van der Waals surface area (Å²) in [6.07, 6.45) is 2.52. The lowest BCUT2D eigenvalue weighted by atomic mass is 9.80. The van der Waals surface area contributed by atoms with Gasteiger partial charge in [-0.15, -0.1) is 0 Å². The van der Waals surface area contributed by atoms with E-state index in [1.54, 1.807) is 0 Å². The molecule has 0 aromatic heterocycles. The molecule has 1 aliphatic heterocycles. The summed E-state index contributed by atoms with van der Waals surface area (Å²) in [5.74, 6) is 0. The smallest absolute Gasteiger partial charge is 0.0466 e. The molecule has 1 heterocycles. The minimum absolute atomic E-state index is 0.580. The maximum Gasteiger partial charge on any atom is 0.0466 e. The molecule has 0 bridgehead atoms. The average molecular weight is 157 g/mol. The van der Waals surface area contributed by atoms with Crippen molar-refractivity contribution in [3.63, 3.8) is 0 Å². The van der Waals surface area contributed by atoms with Crippen LogP contribution < -0.4 is 5.32 Å². The van der Waals surface area contributed by atoms with Crippen LogP contribution in [0.3, 0.4) is 0 Å². The molecule has 0 radical (unpaired) electrons. The molecule has 0 saturated carbocycles. The van der Waals surface area contributed by atoms with Crippen LogP contribution in [-0.2, 0) is 4.74 Å². The second-order valence-electron chi connectivity index (χ2n) is 3.71. The third kappa shape index (κ3) is 2.80. The summed E-state index contributed by atoms with van der Waals surface area (Å²) in [5, 5.41) is 3.30. The standard InChI is InChI=1S/C9H19NO/c1-3-11-6-4-5-9(2)7-10-8-9/h10H,3-8H2,1-2H3. The lowest BCUT2D eigenvalue weighted by molar-refractivity contribution is 0.112. The third-order valence-electron chi connectivity index (χ3n) is 2.38. The van der Waals surface area contributed by atoms with Crippen molar-refractivity contribution in [3.8, 4) is 0 Å². The van der Waals surface area contributed by atoms with Gasteiger partial charge in [0.1, 0.15) is 0 Å². The normalized spacial score (nSPS) is 21.3. The first-order valence-corrected chi connectivity index (χ1v) is 4.55. The van der Waals surface area contributed by atoms with Crippen molar-refractivity contribution >= 4 is 0 Å². The van der Waals surface area contributed by atoms with Crippen LogP contribution in [-0.4, -0.2) is 26.3 Å². The minimum Gasteiger partial charge on any atom is -0.382 e. The number of hydrogen-bond donors (Lipinski definition) is 1. The summed E-state index contributed by atoms with van der Waals surface area (Å²) in [6.45, 7) is 8.57. The molecule has 0 atom stereocenters. The van der Waals surface area contributed by atoms with Gasteiger partial charge in [-0.2, -0.15) is 0 Å². The third-order valence-corrected chi connectivity index (χ3v) is 2.38. The summed E-state index contributed by atoms with van der Waals surface area (Å²) < 4.78 is 5.28. The molecule has 0 spiro atoms. The van der Waals surface area contributed by atoms with E-state index in [1.807, 2.05) is 6.92 Å². The molecule has 1 aliphatic rings. The Balaban J connectivity index is 1.94. The first-order valence-electron chi connectivity index (χ1n) is 4.55. The van der Waals surface area contributed by atoms with E-state index in [9.17, 15) is 0 Å². The predicted octanol–water partition coefficient (Wildman–Crippen LogP) is 1.41. The van der Waals surface area contributed by atoms with Crippen LogP contribution in [0.2, 0.25) is 0 Å². The summed E-state index contributed by atoms with van der Waals surface area (Å²) in [7, 11) is 0. The minimum atomic E-state index is 0.580. The summed E-state index contributed by atoms with van der Waals surface area (Å²) in [5.41, 5.74) is 0.580. The molecule has 66 valence electrons. The fourth-order valence-corrected chi connectivity index (χ4v) is 1.47. The molecule has 2 heteroatoms. The predicted molar refractivity (Wildman–Crippen MR) is 46.7 cm³/mol. The SMILES string of the molecule is CCOCCCC1(C)CNC1. The van der Waals surface area contributed by atoms with Gasteiger partial charge in [-0.1, -0.05) is 6.92 Å². The Bertz CT molecular complexity index is 110. The zero-order chi connectivity index (χ0) is 8.16. The Morgan fingerprint density at radius 3 is 2.64 bits per heavy atom. The number of rotatable bonds is 5. The molecular formula is C9H19NO. The Morgan fingerprint density at radius 2 is 2.18 bits per heavy atom. The largest absolute Gasteiger partial charge is 0.382 e. The molecule has 0 unspecified atom stereocenters. The van der Waals surface area contributed by atoms with Crippen molar-refractivity contribution in [2.45, 2.75) is 26.7 Å². The van der Waals surface area contributed by atoms with Gasteiger partial charge in [-0.05, 0) is 25.2 Å². The maximum atomic E-state index is 5.28. The molecule has 1 rings (SSSR count). The summed E-state index contributed by atoms with van der Waals surface area (Å²) in [4.78, 5) is 0. The van der Waals surface area contributed by atoms with E-state index in [0.717, 1.165) is 13.2 Å². The Hall–Kier alpha value is -0.0800. The van der Waals surface area contributed by atoms with Gasteiger partial charge in [0.25, 0.3) is 0 Å². The molecule has 0 amide bonds. The summed E-state index contributed by atoms with van der Waals surface area (Å²) >= 11 is 0. The van der Waals surface area contributed by atoms with Crippen LogP contribution >= 0.6 is 0 Å². The molecule has 1 N–H and O–H groups in total. The molecule has 2 nitrogen and oxygen atoms in total. The highest BCUT2D eigenvalue weighted by atomic mass is 16.5. The number of hydrogen-bond acceptors (Lipinski definition) is 2. The van der Waals surface area contributed by atoms with E-state index >= 15 is 0 Å². The van der Waals surface area contributed by atoms with Gasteiger partial charge in [0, 0.05) is 26.3 Å².